The van der Waals surface area contributed by atoms with E-state index in [1.165, 1.54) is 0 Å². The van der Waals surface area contributed by atoms with Crippen LogP contribution in [0.15, 0.2) is 23.7 Å². The Bertz CT molecular complexity index is 622. The molecule has 0 fully saturated rings. The lowest BCUT2D eigenvalue weighted by Gasteiger charge is -2.10. The number of rotatable bonds is 6. The Balaban J connectivity index is 1.99. The number of nitrogens with zero attached hydrogens (tertiary/aromatic N) is 1. The molecule has 1 amide bonds. The molecule has 2 rings (SSSR count). The zero-order chi connectivity index (χ0) is 15.2. The summed E-state index contributed by atoms with van der Waals surface area (Å²) < 4.78 is 0. The van der Waals surface area contributed by atoms with E-state index in [-0.39, 0.29) is 5.91 Å². The van der Waals surface area contributed by atoms with Crippen LogP contribution in [0.3, 0.4) is 0 Å². The summed E-state index contributed by atoms with van der Waals surface area (Å²) in [6.07, 6.45) is 1.08. The summed E-state index contributed by atoms with van der Waals surface area (Å²) in [6.45, 7) is 7.57. The van der Waals surface area contributed by atoms with E-state index in [1.807, 2.05) is 32.0 Å². The molecule has 0 unspecified atom stereocenters. The lowest BCUT2D eigenvalue weighted by molar-refractivity contribution is 0.0951. The maximum atomic E-state index is 12.2. The maximum absolute atomic E-state index is 12.2. The first-order valence-corrected chi connectivity index (χ1v) is 8.01. The van der Waals surface area contributed by atoms with E-state index in [4.69, 9.17) is 0 Å². The van der Waals surface area contributed by atoms with Gasteiger partial charge in [-0.05, 0) is 44.0 Å². The lowest BCUT2D eigenvalue weighted by Crippen LogP contribution is -2.22. The third-order valence-corrected chi connectivity index (χ3v) is 4.24. The Kier molecular flexibility index (Phi) is 5.33. The molecule has 0 atom stereocenters. The normalized spacial score (nSPS) is 10.4. The van der Waals surface area contributed by atoms with Crippen molar-refractivity contribution in [3.05, 3.63) is 45.4 Å². The Morgan fingerprint density at radius 2 is 2.14 bits per heavy atom. The molecule has 1 aromatic heterocycles. The summed E-state index contributed by atoms with van der Waals surface area (Å²) in [4.78, 5) is 17.5. The quantitative estimate of drug-likeness (QED) is 0.858. The molecule has 1 aromatic carbocycles. The molecule has 0 radical (unpaired) electrons. The van der Waals surface area contributed by atoms with Gasteiger partial charge in [-0.1, -0.05) is 6.92 Å². The van der Waals surface area contributed by atoms with Crippen LogP contribution in [-0.4, -0.2) is 17.4 Å². The fourth-order valence-electron chi connectivity index (χ4n) is 2.02. The summed E-state index contributed by atoms with van der Waals surface area (Å²) in [7, 11) is 0. The second kappa shape index (κ2) is 7.22. The molecule has 0 aliphatic rings. The van der Waals surface area contributed by atoms with Crippen LogP contribution in [0.5, 0.6) is 0 Å². The van der Waals surface area contributed by atoms with Crippen LogP contribution < -0.4 is 10.6 Å². The SMILES string of the molecule is CCCNc1ccc(C(=O)NCc2scnc2C)cc1C. The van der Waals surface area contributed by atoms with Gasteiger partial charge in [-0.15, -0.1) is 11.3 Å². The lowest BCUT2D eigenvalue weighted by atomic mass is 10.1. The number of hydrogen-bond donors (Lipinski definition) is 2. The second-order valence-corrected chi connectivity index (χ2v) is 5.94. The predicted molar refractivity (Wildman–Crippen MR) is 88.0 cm³/mol. The summed E-state index contributed by atoms with van der Waals surface area (Å²) in [6, 6.07) is 5.75. The summed E-state index contributed by atoms with van der Waals surface area (Å²) >= 11 is 1.57. The van der Waals surface area contributed by atoms with E-state index in [2.05, 4.69) is 22.5 Å². The topological polar surface area (TPSA) is 54.0 Å². The molecule has 5 heteroatoms. The van der Waals surface area contributed by atoms with Crippen molar-refractivity contribution in [1.29, 1.82) is 0 Å². The van der Waals surface area contributed by atoms with Crippen molar-refractivity contribution in [3.8, 4) is 0 Å². The Morgan fingerprint density at radius 1 is 1.33 bits per heavy atom. The number of carbonyl (C=O) groups is 1. The van der Waals surface area contributed by atoms with Crippen LogP contribution in [0.25, 0.3) is 0 Å². The fraction of sp³-hybridized carbons (Fsp3) is 0.375. The minimum Gasteiger partial charge on any atom is -0.385 e. The Labute approximate surface area is 129 Å². The van der Waals surface area contributed by atoms with Gasteiger partial charge < -0.3 is 10.6 Å². The van der Waals surface area contributed by atoms with Gasteiger partial charge in [0.1, 0.15) is 0 Å². The molecule has 0 saturated heterocycles. The highest BCUT2D eigenvalue weighted by Crippen LogP contribution is 2.17. The zero-order valence-corrected chi connectivity index (χ0v) is 13.5. The monoisotopic (exact) mass is 303 g/mol. The molecule has 2 aromatic rings. The highest BCUT2D eigenvalue weighted by atomic mass is 32.1. The van der Waals surface area contributed by atoms with Crippen molar-refractivity contribution in [2.24, 2.45) is 0 Å². The molecule has 2 N–H and O–H groups in total. The number of carbonyl (C=O) groups excluding carboxylic acids is 1. The largest absolute Gasteiger partial charge is 0.385 e. The molecule has 4 nitrogen and oxygen atoms in total. The van der Waals surface area contributed by atoms with E-state index in [9.17, 15) is 4.79 Å². The predicted octanol–water partition coefficient (Wildman–Crippen LogP) is 3.51. The molecule has 21 heavy (non-hydrogen) atoms. The first-order valence-electron chi connectivity index (χ1n) is 7.13. The van der Waals surface area contributed by atoms with E-state index >= 15 is 0 Å². The van der Waals surface area contributed by atoms with Crippen molar-refractivity contribution >= 4 is 22.9 Å². The number of aromatic nitrogens is 1. The average molecular weight is 303 g/mol. The number of aryl methyl sites for hydroxylation is 2. The maximum Gasteiger partial charge on any atom is 0.251 e. The van der Waals surface area contributed by atoms with E-state index in [0.717, 1.165) is 34.8 Å². The number of amides is 1. The smallest absolute Gasteiger partial charge is 0.251 e. The van der Waals surface area contributed by atoms with Gasteiger partial charge in [0.2, 0.25) is 0 Å². The van der Waals surface area contributed by atoms with E-state index < -0.39 is 0 Å². The third kappa shape index (κ3) is 4.04. The average Bonchev–Trinajstić information content (AvgIpc) is 2.88. The molecular formula is C16H21N3OS. The third-order valence-electron chi connectivity index (χ3n) is 3.31. The van der Waals surface area contributed by atoms with Gasteiger partial charge in [0.05, 0.1) is 17.7 Å². The van der Waals surface area contributed by atoms with Crippen LogP contribution in [0.1, 0.15) is 39.8 Å². The van der Waals surface area contributed by atoms with Gasteiger partial charge in [0, 0.05) is 22.7 Å². The molecule has 0 bridgehead atoms. The van der Waals surface area contributed by atoms with Crippen molar-refractivity contribution in [1.82, 2.24) is 10.3 Å². The summed E-state index contributed by atoms with van der Waals surface area (Å²) in [5.41, 5.74) is 5.65. The van der Waals surface area contributed by atoms with Crippen LogP contribution in [-0.2, 0) is 6.54 Å². The fourth-order valence-corrected chi connectivity index (χ4v) is 2.74. The second-order valence-electron chi connectivity index (χ2n) is 5.00. The summed E-state index contributed by atoms with van der Waals surface area (Å²) in [5.74, 6) is -0.0482. The minimum atomic E-state index is -0.0482. The molecule has 0 aliphatic heterocycles. The standard InChI is InChI=1S/C16H21N3OS/c1-4-7-17-14-6-5-13(8-11(14)2)16(20)18-9-15-12(3)19-10-21-15/h5-6,8,10,17H,4,7,9H2,1-3H3,(H,18,20). The van der Waals surface area contributed by atoms with Gasteiger partial charge in [0.15, 0.2) is 0 Å². The van der Waals surface area contributed by atoms with Crippen LogP contribution in [0.4, 0.5) is 5.69 Å². The van der Waals surface area contributed by atoms with Gasteiger partial charge in [-0.2, -0.15) is 0 Å². The number of nitrogens with one attached hydrogen (secondary N) is 2. The van der Waals surface area contributed by atoms with E-state index in [1.54, 1.807) is 16.8 Å². The Hall–Kier alpha value is -1.88. The van der Waals surface area contributed by atoms with Gasteiger partial charge in [0.25, 0.3) is 5.91 Å². The minimum absolute atomic E-state index is 0.0482. The molecule has 0 saturated carbocycles. The van der Waals surface area contributed by atoms with Crippen molar-refractivity contribution in [3.63, 3.8) is 0 Å². The van der Waals surface area contributed by atoms with Crippen LogP contribution in [0.2, 0.25) is 0 Å². The van der Waals surface area contributed by atoms with E-state index in [0.29, 0.717) is 12.1 Å². The van der Waals surface area contributed by atoms with Gasteiger partial charge in [-0.3, -0.25) is 4.79 Å². The van der Waals surface area contributed by atoms with Crippen molar-refractivity contribution < 1.29 is 4.79 Å². The van der Waals surface area contributed by atoms with Crippen molar-refractivity contribution in [2.45, 2.75) is 33.7 Å². The highest BCUT2D eigenvalue weighted by Gasteiger charge is 2.09. The number of hydrogen-bond acceptors (Lipinski definition) is 4. The van der Waals surface area contributed by atoms with Crippen molar-refractivity contribution in [2.75, 3.05) is 11.9 Å². The van der Waals surface area contributed by atoms with Gasteiger partial charge in [-0.25, -0.2) is 4.98 Å². The Morgan fingerprint density at radius 3 is 2.76 bits per heavy atom. The van der Waals surface area contributed by atoms with Crippen LogP contribution >= 0.6 is 11.3 Å². The first-order chi connectivity index (χ1) is 10.1. The summed E-state index contributed by atoms with van der Waals surface area (Å²) in [5, 5.41) is 6.30. The van der Waals surface area contributed by atoms with Crippen LogP contribution in [0, 0.1) is 13.8 Å². The highest BCUT2D eigenvalue weighted by molar-refractivity contribution is 7.09. The number of anilines is 1. The molecule has 0 spiro atoms. The number of thiazole rings is 1. The molecule has 1 heterocycles. The molecule has 0 aliphatic carbocycles. The van der Waals surface area contributed by atoms with Gasteiger partial charge >= 0.3 is 0 Å². The number of benzene rings is 1. The molecule has 112 valence electrons. The molecular weight excluding hydrogens is 282 g/mol. The first kappa shape index (κ1) is 15.5. The zero-order valence-electron chi connectivity index (χ0n) is 12.7.